The third-order valence-electron chi connectivity index (χ3n) is 2.57. The minimum Gasteiger partial charge on any atom is -0.492 e. The zero-order valence-corrected chi connectivity index (χ0v) is 11.0. The van der Waals surface area contributed by atoms with Gasteiger partial charge in [-0.2, -0.15) is 0 Å². The average molecular weight is 288 g/mol. The average Bonchev–Trinajstić information content (AvgIpc) is 2.30. The van der Waals surface area contributed by atoms with Gasteiger partial charge in [0.25, 0.3) is 5.69 Å². The second-order valence-electron chi connectivity index (χ2n) is 4.25. The van der Waals surface area contributed by atoms with Crippen molar-refractivity contribution in [1.82, 2.24) is 0 Å². The minimum absolute atomic E-state index is 0.118. The smallest absolute Gasteiger partial charge is 0.271 e. The summed E-state index contributed by atoms with van der Waals surface area (Å²) in [7, 11) is 0. The zero-order chi connectivity index (χ0) is 14.6. The highest BCUT2D eigenvalue weighted by Crippen LogP contribution is 2.28. The SMILES string of the molecule is CC(N)(CCOc1ccc([N+](=O)[O-])cc1Cl)C(N)=O. The third-order valence-corrected chi connectivity index (χ3v) is 2.86. The Morgan fingerprint density at radius 1 is 1.58 bits per heavy atom. The number of ether oxygens (including phenoxy) is 1. The molecule has 1 aromatic rings. The monoisotopic (exact) mass is 287 g/mol. The molecule has 0 fully saturated rings. The molecule has 0 aliphatic heterocycles. The number of benzene rings is 1. The summed E-state index contributed by atoms with van der Waals surface area (Å²) in [6.45, 7) is 1.61. The molecule has 0 heterocycles. The first-order valence-electron chi connectivity index (χ1n) is 5.39. The molecule has 0 aliphatic rings. The van der Waals surface area contributed by atoms with Gasteiger partial charge in [0, 0.05) is 18.6 Å². The van der Waals surface area contributed by atoms with E-state index in [2.05, 4.69) is 0 Å². The number of primary amides is 1. The van der Waals surface area contributed by atoms with Gasteiger partial charge in [0.15, 0.2) is 0 Å². The van der Waals surface area contributed by atoms with Crippen LogP contribution in [-0.2, 0) is 4.79 Å². The van der Waals surface area contributed by atoms with Crippen LogP contribution in [0.25, 0.3) is 0 Å². The van der Waals surface area contributed by atoms with Gasteiger partial charge in [-0.05, 0) is 13.0 Å². The summed E-state index contributed by atoms with van der Waals surface area (Å²) in [5.74, 6) is -0.349. The predicted molar refractivity (Wildman–Crippen MR) is 70.0 cm³/mol. The fraction of sp³-hybridized carbons (Fsp3) is 0.364. The normalized spacial score (nSPS) is 13.6. The molecule has 0 aromatic heterocycles. The highest BCUT2D eigenvalue weighted by Gasteiger charge is 2.25. The maximum atomic E-state index is 11.0. The molecule has 0 radical (unpaired) electrons. The molecule has 0 spiro atoms. The molecular formula is C11H14ClN3O4. The maximum absolute atomic E-state index is 11.0. The Morgan fingerprint density at radius 3 is 2.68 bits per heavy atom. The quantitative estimate of drug-likeness (QED) is 0.602. The molecule has 104 valence electrons. The van der Waals surface area contributed by atoms with Crippen LogP contribution >= 0.6 is 11.6 Å². The minimum atomic E-state index is -1.17. The standard InChI is InChI=1S/C11H14ClN3O4/c1-11(14,10(13)16)4-5-19-9-3-2-7(15(17)18)6-8(9)12/h2-3,6H,4-5,14H2,1H3,(H2,13,16). The van der Waals surface area contributed by atoms with Crippen LogP contribution in [0.3, 0.4) is 0 Å². The van der Waals surface area contributed by atoms with Crippen molar-refractivity contribution in [3.63, 3.8) is 0 Å². The fourth-order valence-corrected chi connectivity index (χ4v) is 1.45. The van der Waals surface area contributed by atoms with Crippen molar-refractivity contribution in [2.45, 2.75) is 18.9 Å². The highest BCUT2D eigenvalue weighted by atomic mass is 35.5. The summed E-state index contributed by atoms with van der Waals surface area (Å²) >= 11 is 5.83. The lowest BCUT2D eigenvalue weighted by molar-refractivity contribution is -0.384. The first-order valence-corrected chi connectivity index (χ1v) is 5.77. The van der Waals surface area contributed by atoms with E-state index in [0.29, 0.717) is 0 Å². The molecule has 0 saturated heterocycles. The molecule has 7 nitrogen and oxygen atoms in total. The van der Waals surface area contributed by atoms with Crippen molar-refractivity contribution in [1.29, 1.82) is 0 Å². The number of hydrogen-bond acceptors (Lipinski definition) is 5. The van der Waals surface area contributed by atoms with E-state index < -0.39 is 16.4 Å². The molecule has 1 atom stereocenters. The summed E-state index contributed by atoms with van der Waals surface area (Å²) in [6.07, 6.45) is 0.204. The highest BCUT2D eigenvalue weighted by molar-refractivity contribution is 6.32. The van der Waals surface area contributed by atoms with Gasteiger partial charge < -0.3 is 16.2 Å². The van der Waals surface area contributed by atoms with E-state index in [0.717, 1.165) is 0 Å². The Labute approximate surface area is 114 Å². The van der Waals surface area contributed by atoms with Crippen LogP contribution < -0.4 is 16.2 Å². The third kappa shape index (κ3) is 4.08. The lowest BCUT2D eigenvalue weighted by Gasteiger charge is -2.20. The fourth-order valence-electron chi connectivity index (χ4n) is 1.22. The predicted octanol–water partition coefficient (Wildman–Crippen LogP) is 1.22. The molecule has 4 N–H and O–H groups in total. The van der Waals surface area contributed by atoms with E-state index in [9.17, 15) is 14.9 Å². The van der Waals surface area contributed by atoms with Crippen LogP contribution in [-0.4, -0.2) is 23.0 Å². The number of nitro groups is 1. The second-order valence-corrected chi connectivity index (χ2v) is 4.66. The Morgan fingerprint density at radius 2 is 2.21 bits per heavy atom. The van der Waals surface area contributed by atoms with Crippen LogP contribution in [0.4, 0.5) is 5.69 Å². The topological polar surface area (TPSA) is 121 Å². The molecule has 0 bridgehead atoms. The van der Waals surface area contributed by atoms with Crippen LogP contribution in [0.15, 0.2) is 18.2 Å². The lowest BCUT2D eigenvalue weighted by Crippen LogP contribution is -2.50. The zero-order valence-electron chi connectivity index (χ0n) is 10.3. The molecule has 0 aliphatic carbocycles. The summed E-state index contributed by atoms with van der Waals surface area (Å²) in [5, 5.41) is 10.6. The van der Waals surface area contributed by atoms with Crippen molar-refractivity contribution in [2.24, 2.45) is 11.5 Å². The number of amides is 1. The van der Waals surface area contributed by atoms with Crippen LogP contribution in [0.2, 0.25) is 5.02 Å². The number of carbonyl (C=O) groups excluding carboxylic acids is 1. The number of nitro benzene ring substituents is 1. The van der Waals surface area contributed by atoms with Crippen molar-refractivity contribution < 1.29 is 14.5 Å². The maximum Gasteiger partial charge on any atom is 0.271 e. The Balaban J connectivity index is 2.64. The molecule has 1 amide bonds. The number of carbonyl (C=O) groups is 1. The van der Waals surface area contributed by atoms with Gasteiger partial charge in [-0.15, -0.1) is 0 Å². The second kappa shape index (κ2) is 5.85. The van der Waals surface area contributed by atoms with Crippen LogP contribution in [0, 0.1) is 10.1 Å². The van der Waals surface area contributed by atoms with Gasteiger partial charge in [0.2, 0.25) is 5.91 Å². The van der Waals surface area contributed by atoms with Crippen LogP contribution in [0.1, 0.15) is 13.3 Å². The number of halogens is 1. The van der Waals surface area contributed by atoms with E-state index in [1.807, 2.05) is 0 Å². The molecule has 8 heteroatoms. The summed E-state index contributed by atoms with van der Waals surface area (Å²) in [5.41, 5.74) is 9.46. The molecule has 1 rings (SSSR count). The molecule has 19 heavy (non-hydrogen) atoms. The number of non-ortho nitro benzene ring substituents is 1. The van der Waals surface area contributed by atoms with Crippen LogP contribution in [0.5, 0.6) is 5.75 Å². The van der Waals surface area contributed by atoms with Gasteiger partial charge in [-0.1, -0.05) is 11.6 Å². The van der Waals surface area contributed by atoms with Crippen molar-refractivity contribution in [3.05, 3.63) is 33.3 Å². The molecular weight excluding hydrogens is 274 g/mol. The van der Waals surface area contributed by atoms with E-state index in [-0.39, 0.29) is 29.5 Å². The number of rotatable bonds is 6. The number of nitrogens with zero attached hydrogens (tertiary/aromatic N) is 1. The molecule has 1 aromatic carbocycles. The van der Waals surface area contributed by atoms with Crippen molar-refractivity contribution in [2.75, 3.05) is 6.61 Å². The van der Waals surface area contributed by atoms with Gasteiger partial charge >= 0.3 is 0 Å². The van der Waals surface area contributed by atoms with E-state index in [4.69, 9.17) is 27.8 Å². The first-order chi connectivity index (χ1) is 8.74. The first kappa shape index (κ1) is 15.2. The lowest BCUT2D eigenvalue weighted by atomic mass is 9.99. The van der Waals surface area contributed by atoms with E-state index in [1.54, 1.807) is 0 Å². The van der Waals surface area contributed by atoms with E-state index >= 15 is 0 Å². The largest absolute Gasteiger partial charge is 0.492 e. The Bertz CT molecular complexity index is 505. The van der Waals surface area contributed by atoms with Gasteiger partial charge in [0.1, 0.15) is 5.75 Å². The Kier molecular flexibility index (Phi) is 4.68. The van der Waals surface area contributed by atoms with Gasteiger partial charge in [-0.3, -0.25) is 14.9 Å². The summed E-state index contributed by atoms with van der Waals surface area (Å²) in [4.78, 5) is 21.0. The van der Waals surface area contributed by atoms with Gasteiger partial charge in [-0.25, -0.2) is 0 Å². The van der Waals surface area contributed by atoms with Crippen molar-refractivity contribution in [3.8, 4) is 5.75 Å². The number of nitrogens with two attached hydrogens (primary N) is 2. The summed E-state index contributed by atoms with van der Waals surface area (Å²) < 4.78 is 5.32. The Hall–Kier alpha value is -1.86. The number of hydrogen-bond donors (Lipinski definition) is 2. The molecule has 0 saturated carbocycles. The van der Waals surface area contributed by atoms with E-state index in [1.165, 1.54) is 25.1 Å². The van der Waals surface area contributed by atoms with Crippen molar-refractivity contribution >= 4 is 23.2 Å². The van der Waals surface area contributed by atoms with Gasteiger partial charge in [0.05, 0.1) is 22.1 Å². The molecule has 1 unspecified atom stereocenters. The summed E-state index contributed by atoms with van der Waals surface area (Å²) in [6, 6.07) is 3.85.